The predicted molar refractivity (Wildman–Crippen MR) is 56.3 cm³/mol. The van der Waals surface area contributed by atoms with Gasteiger partial charge in [0.1, 0.15) is 6.67 Å². The van der Waals surface area contributed by atoms with Gasteiger partial charge in [-0.15, -0.1) is 0 Å². The fourth-order valence-corrected chi connectivity index (χ4v) is 1.36. The molecular weight excluding hydrogens is 231 g/mol. The summed E-state index contributed by atoms with van der Waals surface area (Å²) in [6, 6.07) is 2.40. The number of carbonyl (C=O) groups is 2. The lowest BCUT2D eigenvalue weighted by molar-refractivity contribution is -0.131. The highest BCUT2D eigenvalue weighted by molar-refractivity contribution is 6.40. The van der Waals surface area contributed by atoms with E-state index in [1.54, 1.807) is 0 Å². The summed E-state index contributed by atoms with van der Waals surface area (Å²) in [5, 5.41) is 8.60. The second kappa shape index (κ2) is 5.29. The number of halogens is 1. The number of aliphatic carboxylic acids is 1. The smallest absolute Gasteiger partial charge is 0.377 e. The van der Waals surface area contributed by atoms with Gasteiger partial charge in [0.15, 0.2) is 11.5 Å². The third-order valence-electron chi connectivity index (χ3n) is 2.19. The molecule has 0 saturated carbocycles. The maximum absolute atomic E-state index is 12.7. The molecule has 5 nitrogen and oxygen atoms in total. The topological polar surface area (TPSA) is 72.8 Å². The van der Waals surface area contributed by atoms with Crippen molar-refractivity contribution in [3.05, 3.63) is 23.3 Å². The largest absolute Gasteiger partial charge is 0.493 e. The predicted octanol–water partition coefficient (Wildman–Crippen LogP) is 1.44. The summed E-state index contributed by atoms with van der Waals surface area (Å²) in [6.07, 6.45) is 0. The molecule has 0 aromatic heterocycles. The molecule has 0 radical (unpaired) electrons. The second-order valence-corrected chi connectivity index (χ2v) is 3.13. The molecule has 0 fully saturated rings. The van der Waals surface area contributed by atoms with Crippen molar-refractivity contribution in [2.24, 2.45) is 0 Å². The fraction of sp³-hybridized carbons (Fsp3) is 0.273. The number of carboxylic acids is 1. The van der Waals surface area contributed by atoms with Crippen molar-refractivity contribution in [1.29, 1.82) is 0 Å². The molecule has 1 aromatic rings. The van der Waals surface area contributed by atoms with Crippen LogP contribution in [-0.2, 0) is 11.5 Å². The van der Waals surface area contributed by atoms with Crippen LogP contribution in [0.4, 0.5) is 4.39 Å². The van der Waals surface area contributed by atoms with Gasteiger partial charge in [-0.1, -0.05) is 0 Å². The number of rotatable bonds is 5. The van der Waals surface area contributed by atoms with Crippen LogP contribution in [0.2, 0.25) is 0 Å². The van der Waals surface area contributed by atoms with E-state index >= 15 is 0 Å². The Labute approximate surface area is 96.8 Å². The van der Waals surface area contributed by atoms with Crippen LogP contribution in [-0.4, -0.2) is 31.1 Å². The first-order valence-corrected chi connectivity index (χ1v) is 4.63. The van der Waals surface area contributed by atoms with Crippen LogP contribution in [0.25, 0.3) is 0 Å². The van der Waals surface area contributed by atoms with Crippen molar-refractivity contribution in [2.45, 2.75) is 6.67 Å². The normalized spacial score (nSPS) is 9.82. The van der Waals surface area contributed by atoms with Crippen LogP contribution in [0.15, 0.2) is 12.1 Å². The van der Waals surface area contributed by atoms with E-state index in [1.165, 1.54) is 20.3 Å². The average molecular weight is 242 g/mol. The summed E-state index contributed by atoms with van der Waals surface area (Å²) >= 11 is 0. The summed E-state index contributed by atoms with van der Waals surface area (Å²) < 4.78 is 22.6. The Hall–Kier alpha value is -2.11. The molecule has 0 heterocycles. The molecule has 0 unspecified atom stereocenters. The van der Waals surface area contributed by atoms with Crippen molar-refractivity contribution in [3.8, 4) is 11.5 Å². The van der Waals surface area contributed by atoms with Gasteiger partial charge < -0.3 is 14.6 Å². The van der Waals surface area contributed by atoms with E-state index in [2.05, 4.69) is 0 Å². The molecule has 0 aliphatic heterocycles. The first-order valence-electron chi connectivity index (χ1n) is 4.63. The minimum atomic E-state index is -1.65. The van der Waals surface area contributed by atoms with Crippen LogP contribution in [0.1, 0.15) is 15.9 Å². The molecular formula is C11H11FO5. The van der Waals surface area contributed by atoms with Crippen molar-refractivity contribution in [2.75, 3.05) is 14.2 Å². The minimum Gasteiger partial charge on any atom is -0.493 e. The van der Waals surface area contributed by atoms with Crippen LogP contribution < -0.4 is 9.47 Å². The molecule has 6 heteroatoms. The van der Waals surface area contributed by atoms with E-state index in [9.17, 15) is 14.0 Å². The molecule has 0 bridgehead atoms. The van der Waals surface area contributed by atoms with Gasteiger partial charge in [0.25, 0.3) is 5.78 Å². The SMILES string of the molecule is COc1cc(CF)c(C(=O)C(=O)O)cc1OC. The minimum absolute atomic E-state index is 0.0462. The van der Waals surface area contributed by atoms with Crippen molar-refractivity contribution in [3.63, 3.8) is 0 Å². The highest BCUT2D eigenvalue weighted by atomic mass is 19.1. The molecule has 1 aromatic carbocycles. The Morgan fingerprint density at radius 3 is 2.18 bits per heavy atom. The Balaban J connectivity index is 3.38. The lowest BCUT2D eigenvalue weighted by Gasteiger charge is -2.11. The number of carboxylic acid groups (broad SMARTS) is 1. The van der Waals surface area contributed by atoms with Gasteiger partial charge in [0.05, 0.1) is 14.2 Å². The lowest BCUT2D eigenvalue weighted by atomic mass is 10.0. The van der Waals surface area contributed by atoms with Crippen LogP contribution in [0.3, 0.4) is 0 Å². The molecule has 0 atom stereocenters. The van der Waals surface area contributed by atoms with Gasteiger partial charge in [0, 0.05) is 5.56 Å². The van der Waals surface area contributed by atoms with Gasteiger partial charge >= 0.3 is 5.97 Å². The van der Waals surface area contributed by atoms with Gasteiger partial charge in [-0.05, 0) is 17.7 Å². The average Bonchev–Trinajstić information content (AvgIpc) is 2.35. The third-order valence-corrected chi connectivity index (χ3v) is 2.19. The molecule has 17 heavy (non-hydrogen) atoms. The number of ketones is 1. The van der Waals surface area contributed by atoms with E-state index < -0.39 is 18.4 Å². The first-order chi connectivity index (χ1) is 8.04. The van der Waals surface area contributed by atoms with Crippen LogP contribution in [0.5, 0.6) is 11.5 Å². The quantitative estimate of drug-likeness (QED) is 0.624. The summed E-state index contributed by atoms with van der Waals surface area (Å²) in [5.41, 5.74) is -0.285. The number of alkyl halides is 1. The molecule has 0 saturated heterocycles. The zero-order valence-corrected chi connectivity index (χ0v) is 9.32. The van der Waals surface area contributed by atoms with Gasteiger partial charge in [-0.3, -0.25) is 4.79 Å². The van der Waals surface area contributed by atoms with E-state index in [4.69, 9.17) is 14.6 Å². The van der Waals surface area contributed by atoms with Gasteiger partial charge in [0.2, 0.25) is 0 Å². The standard InChI is InChI=1S/C11H11FO5/c1-16-8-3-6(5-12)7(4-9(8)17-2)10(13)11(14)15/h3-4H,5H2,1-2H3,(H,14,15). The molecule has 1 rings (SSSR count). The second-order valence-electron chi connectivity index (χ2n) is 3.13. The summed E-state index contributed by atoms with van der Waals surface area (Å²) in [6.45, 7) is -0.964. The number of carbonyl (C=O) groups excluding carboxylic acids is 1. The highest BCUT2D eigenvalue weighted by Crippen LogP contribution is 2.31. The number of benzene rings is 1. The monoisotopic (exact) mass is 242 g/mol. The van der Waals surface area contributed by atoms with Crippen LogP contribution >= 0.6 is 0 Å². The maximum atomic E-state index is 12.7. The fourth-order valence-electron chi connectivity index (χ4n) is 1.36. The Morgan fingerprint density at radius 1 is 1.24 bits per heavy atom. The van der Waals surface area contributed by atoms with E-state index in [-0.39, 0.29) is 22.6 Å². The van der Waals surface area contributed by atoms with Gasteiger partial charge in [-0.2, -0.15) is 0 Å². The third kappa shape index (κ3) is 2.52. The molecule has 92 valence electrons. The Morgan fingerprint density at radius 2 is 1.76 bits per heavy atom. The van der Waals surface area contributed by atoms with Crippen molar-refractivity contribution < 1.29 is 28.6 Å². The number of ether oxygens (including phenoxy) is 2. The molecule has 1 N–H and O–H groups in total. The lowest BCUT2D eigenvalue weighted by Crippen LogP contribution is -2.15. The van der Waals surface area contributed by atoms with Gasteiger partial charge in [-0.25, -0.2) is 9.18 Å². The zero-order valence-electron chi connectivity index (χ0n) is 9.32. The summed E-state index contributed by atoms with van der Waals surface area (Å²) in [4.78, 5) is 21.9. The maximum Gasteiger partial charge on any atom is 0.377 e. The number of methoxy groups -OCH3 is 2. The number of Topliss-reactive ketones (excluding diaryl/α,β-unsaturated/α-hetero) is 1. The van der Waals surface area contributed by atoms with Crippen LogP contribution in [0, 0.1) is 0 Å². The summed E-state index contributed by atoms with van der Waals surface area (Å²) in [5.74, 6) is -2.41. The Kier molecular flexibility index (Phi) is 4.03. The van der Waals surface area contributed by atoms with Crippen molar-refractivity contribution in [1.82, 2.24) is 0 Å². The molecule has 0 amide bonds. The summed E-state index contributed by atoms with van der Waals surface area (Å²) in [7, 11) is 2.69. The number of hydrogen-bond acceptors (Lipinski definition) is 4. The zero-order chi connectivity index (χ0) is 13.0. The van der Waals surface area contributed by atoms with E-state index in [0.717, 1.165) is 6.07 Å². The van der Waals surface area contributed by atoms with E-state index in [1.807, 2.05) is 0 Å². The number of hydrogen-bond donors (Lipinski definition) is 1. The molecule has 0 aliphatic carbocycles. The van der Waals surface area contributed by atoms with E-state index in [0.29, 0.717) is 0 Å². The molecule has 0 aliphatic rings. The highest BCUT2D eigenvalue weighted by Gasteiger charge is 2.21. The first kappa shape index (κ1) is 13.0. The Bertz CT molecular complexity index is 455. The van der Waals surface area contributed by atoms with Crippen molar-refractivity contribution >= 4 is 11.8 Å². The molecule has 0 spiro atoms.